The van der Waals surface area contributed by atoms with Gasteiger partial charge < -0.3 is 5.32 Å². The van der Waals surface area contributed by atoms with Gasteiger partial charge in [-0.1, -0.05) is 18.5 Å². The molecule has 9 heteroatoms. The second kappa shape index (κ2) is 7.61. The van der Waals surface area contributed by atoms with Crippen LogP contribution in [0, 0.1) is 0 Å². The number of anilines is 1. The van der Waals surface area contributed by atoms with Gasteiger partial charge >= 0.3 is 0 Å². The Labute approximate surface area is 123 Å². The maximum absolute atomic E-state index is 11.8. The van der Waals surface area contributed by atoms with E-state index in [4.69, 9.17) is 11.6 Å². The minimum atomic E-state index is -3.17. The topological polar surface area (TPSA) is 93.1 Å². The van der Waals surface area contributed by atoms with Crippen molar-refractivity contribution in [3.05, 3.63) is 21.6 Å². The maximum Gasteiger partial charge on any atom is 0.287 e. The van der Waals surface area contributed by atoms with Crippen LogP contribution in [0.4, 0.5) is 5.69 Å². The van der Waals surface area contributed by atoms with Crippen molar-refractivity contribution in [1.29, 1.82) is 0 Å². The van der Waals surface area contributed by atoms with Crippen LogP contribution in [0.15, 0.2) is 11.0 Å². The first-order chi connectivity index (χ1) is 9.35. The summed E-state index contributed by atoms with van der Waals surface area (Å²) in [4.78, 5) is 11.8. The average molecular weight is 323 g/mol. The lowest BCUT2D eigenvalue weighted by Gasteiger charge is -2.09. The molecule has 0 spiro atoms. The van der Waals surface area contributed by atoms with Crippen LogP contribution in [-0.4, -0.2) is 37.5 Å². The van der Waals surface area contributed by atoms with Crippen molar-refractivity contribution in [2.75, 3.05) is 24.7 Å². The van der Waals surface area contributed by atoms with Crippen LogP contribution in [0.1, 0.15) is 19.8 Å². The third-order valence-corrected chi connectivity index (χ3v) is 3.55. The molecular formula is C11H19ClN4O3S. The minimum Gasteiger partial charge on any atom is -0.382 e. The monoisotopic (exact) mass is 322 g/mol. The van der Waals surface area contributed by atoms with E-state index in [-0.39, 0.29) is 10.6 Å². The SMILES string of the molecule is CCCn1ncc(NCCCNS(C)(=O)=O)c(Cl)c1=O. The zero-order valence-electron chi connectivity index (χ0n) is 11.5. The van der Waals surface area contributed by atoms with Gasteiger partial charge in [-0.15, -0.1) is 0 Å². The fourth-order valence-electron chi connectivity index (χ4n) is 1.53. The van der Waals surface area contributed by atoms with Gasteiger partial charge in [0, 0.05) is 19.6 Å². The molecule has 7 nitrogen and oxygen atoms in total. The van der Waals surface area contributed by atoms with Crippen molar-refractivity contribution >= 4 is 27.3 Å². The molecule has 2 N–H and O–H groups in total. The molecule has 0 atom stereocenters. The molecule has 1 aromatic rings. The molecule has 1 heterocycles. The number of hydrogen-bond donors (Lipinski definition) is 2. The van der Waals surface area contributed by atoms with Gasteiger partial charge in [0.1, 0.15) is 5.02 Å². The van der Waals surface area contributed by atoms with Crippen LogP contribution < -0.4 is 15.6 Å². The van der Waals surface area contributed by atoms with E-state index in [1.165, 1.54) is 10.9 Å². The van der Waals surface area contributed by atoms with E-state index < -0.39 is 10.0 Å². The summed E-state index contributed by atoms with van der Waals surface area (Å²) in [6, 6.07) is 0. The highest BCUT2D eigenvalue weighted by Gasteiger charge is 2.08. The van der Waals surface area contributed by atoms with Gasteiger partial charge in [0.15, 0.2) is 0 Å². The van der Waals surface area contributed by atoms with Gasteiger partial charge in [-0.3, -0.25) is 4.79 Å². The van der Waals surface area contributed by atoms with Crippen LogP contribution in [0.5, 0.6) is 0 Å². The first kappa shape index (κ1) is 16.9. The summed E-state index contributed by atoms with van der Waals surface area (Å²) in [5, 5.41) is 7.08. The van der Waals surface area contributed by atoms with E-state index in [9.17, 15) is 13.2 Å². The lowest BCUT2D eigenvalue weighted by atomic mass is 10.4. The molecule has 0 fully saturated rings. The molecule has 0 radical (unpaired) electrons. The summed E-state index contributed by atoms with van der Waals surface area (Å²) >= 11 is 5.97. The largest absolute Gasteiger partial charge is 0.382 e. The number of hydrogen-bond acceptors (Lipinski definition) is 5. The van der Waals surface area contributed by atoms with Crippen molar-refractivity contribution in [2.45, 2.75) is 26.3 Å². The normalized spacial score (nSPS) is 11.6. The summed E-state index contributed by atoms with van der Waals surface area (Å²) in [5.41, 5.74) is 0.135. The lowest BCUT2D eigenvalue weighted by molar-refractivity contribution is 0.568. The molecule has 0 aliphatic carbocycles. The van der Waals surface area contributed by atoms with Crippen molar-refractivity contribution in [1.82, 2.24) is 14.5 Å². The van der Waals surface area contributed by atoms with Gasteiger partial charge in [-0.25, -0.2) is 17.8 Å². The molecule has 0 saturated heterocycles. The third-order valence-electron chi connectivity index (χ3n) is 2.45. The Morgan fingerprint density at radius 3 is 2.70 bits per heavy atom. The number of nitrogens with one attached hydrogen (secondary N) is 2. The van der Waals surface area contributed by atoms with Crippen LogP contribution in [0.25, 0.3) is 0 Å². The highest BCUT2D eigenvalue weighted by atomic mass is 35.5. The molecule has 0 aliphatic rings. The standard InChI is InChI=1S/C11H19ClN4O3S/c1-3-7-16-11(17)10(12)9(8-14-16)13-5-4-6-15-20(2,18)19/h8,13,15H,3-7H2,1-2H3. The van der Waals surface area contributed by atoms with Gasteiger partial charge in [0.2, 0.25) is 10.0 Å². The number of rotatable bonds is 8. The second-order valence-electron chi connectivity index (χ2n) is 4.35. The van der Waals surface area contributed by atoms with Crippen LogP contribution in [-0.2, 0) is 16.6 Å². The average Bonchev–Trinajstić information content (AvgIpc) is 2.36. The number of halogens is 1. The Balaban J connectivity index is 2.53. The molecule has 0 saturated carbocycles. The summed E-state index contributed by atoms with van der Waals surface area (Å²) in [6.07, 6.45) is 3.98. The van der Waals surface area contributed by atoms with E-state index in [1.807, 2.05) is 6.92 Å². The number of aryl methyl sites for hydroxylation is 1. The predicted molar refractivity (Wildman–Crippen MR) is 79.8 cm³/mol. The second-order valence-corrected chi connectivity index (χ2v) is 6.56. The Hall–Kier alpha value is -1.12. The van der Waals surface area contributed by atoms with Gasteiger partial charge in [-0.2, -0.15) is 5.10 Å². The fraction of sp³-hybridized carbons (Fsp3) is 0.636. The van der Waals surface area contributed by atoms with Gasteiger partial charge in [0.05, 0.1) is 18.1 Å². The zero-order valence-corrected chi connectivity index (χ0v) is 13.1. The van der Waals surface area contributed by atoms with Crippen molar-refractivity contribution in [2.24, 2.45) is 0 Å². The Bertz CT molecular complexity index is 600. The van der Waals surface area contributed by atoms with E-state index in [1.54, 1.807) is 0 Å². The van der Waals surface area contributed by atoms with Crippen molar-refractivity contribution in [3.63, 3.8) is 0 Å². The highest BCUT2D eigenvalue weighted by molar-refractivity contribution is 7.88. The molecule has 0 aromatic carbocycles. The molecule has 0 aliphatic heterocycles. The van der Waals surface area contributed by atoms with E-state index in [0.29, 0.717) is 31.7 Å². The Morgan fingerprint density at radius 2 is 2.10 bits per heavy atom. The first-order valence-corrected chi connectivity index (χ1v) is 8.56. The molecule has 0 bridgehead atoms. The molecular weight excluding hydrogens is 304 g/mol. The quantitative estimate of drug-likeness (QED) is 0.686. The van der Waals surface area contributed by atoms with Crippen molar-refractivity contribution in [3.8, 4) is 0 Å². The molecule has 114 valence electrons. The molecule has 1 rings (SSSR count). The van der Waals surface area contributed by atoms with Gasteiger partial charge in [0.25, 0.3) is 5.56 Å². The number of sulfonamides is 1. The Morgan fingerprint density at radius 1 is 1.40 bits per heavy atom. The number of aromatic nitrogens is 2. The summed E-state index contributed by atoms with van der Waals surface area (Å²) < 4.78 is 25.4. The summed E-state index contributed by atoms with van der Waals surface area (Å²) in [6.45, 7) is 3.28. The van der Waals surface area contributed by atoms with E-state index in [0.717, 1.165) is 12.7 Å². The molecule has 0 amide bonds. The van der Waals surface area contributed by atoms with Gasteiger partial charge in [-0.05, 0) is 12.8 Å². The van der Waals surface area contributed by atoms with Crippen LogP contribution >= 0.6 is 11.6 Å². The smallest absolute Gasteiger partial charge is 0.287 e. The van der Waals surface area contributed by atoms with Crippen LogP contribution in [0.3, 0.4) is 0 Å². The minimum absolute atomic E-state index is 0.101. The Kier molecular flexibility index (Phi) is 6.44. The third kappa shape index (κ3) is 5.48. The number of nitrogens with zero attached hydrogens (tertiary/aromatic N) is 2. The summed E-state index contributed by atoms with van der Waals surface area (Å²) in [7, 11) is -3.17. The van der Waals surface area contributed by atoms with Crippen molar-refractivity contribution < 1.29 is 8.42 Å². The fourth-order valence-corrected chi connectivity index (χ4v) is 2.26. The molecule has 20 heavy (non-hydrogen) atoms. The van der Waals surface area contributed by atoms with E-state index >= 15 is 0 Å². The molecule has 0 unspecified atom stereocenters. The predicted octanol–water partition coefficient (Wildman–Crippen LogP) is 0.658. The summed E-state index contributed by atoms with van der Waals surface area (Å²) in [5.74, 6) is 0. The van der Waals surface area contributed by atoms with Crippen LogP contribution in [0.2, 0.25) is 5.02 Å². The lowest BCUT2D eigenvalue weighted by Crippen LogP contribution is -2.26. The van der Waals surface area contributed by atoms with E-state index in [2.05, 4.69) is 15.1 Å². The zero-order chi connectivity index (χ0) is 15.2. The first-order valence-electron chi connectivity index (χ1n) is 6.29. The highest BCUT2D eigenvalue weighted by Crippen LogP contribution is 2.14. The molecule has 1 aromatic heterocycles. The maximum atomic E-state index is 11.8.